The molecule has 0 saturated carbocycles. The molecular formula is C18H22N2O2. The highest BCUT2D eigenvalue weighted by atomic mass is 16.3. The van der Waals surface area contributed by atoms with Gasteiger partial charge in [0.15, 0.2) is 0 Å². The lowest BCUT2D eigenvalue weighted by Gasteiger charge is -2.25. The Morgan fingerprint density at radius 2 is 2.05 bits per heavy atom. The van der Waals surface area contributed by atoms with Crippen LogP contribution in [0.4, 0.5) is 0 Å². The third-order valence-corrected chi connectivity index (χ3v) is 4.20. The molecule has 1 aromatic heterocycles. The second-order valence-corrected chi connectivity index (χ2v) is 6.01. The predicted molar refractivity (Wildman–Crippen MR) is 85.0 cm³/mol. The summed E-state index contributed by atoms with van der Waals surface area (Å²) < 4.78 is 5.43. The van der Waals surface area contributed by atoms with Crippen molar-refractivity contribution in [3.63, 3.8) is 0 Å². The van der Waals surface area contributed by atoms with Gasteiger partial charge in [0.05, 0.1) is 18.7 Å². The van der Waals surface area contributed by atoms with Crippen LogP contribution in [-0.2, 0) is 17.9 Å². The molecule has 4 heteroatoms. The van der Waals surface area contributed by atoms with Crippen LogP contribution in [0, 0.1) is 5.92 Å². The molecule has 0 spiro atoms. The van der Waals surface area contributed by atoms with Crippen molar-refractivity contribution < 1.29 is 9.21 Å². The fourth-order valence-corrected chi connectivity index (χ4v) is 3.00. The van der Waals surface area contributed by atoms with Gasteiger partial charge in [-0.05, 0) is 37.7 Å². The van der Waals surface area contributed by atoms with Crippen molar-refractivity contribution in [2.75, 3.05) is 20.1 Å². The zero-order valence-electron chi connectivity index (χ0n) is 12.9. The molecule has 2 aromatic rings. The van der Waals surface area contributed by atoms with Gasteiger partial charge in [-0.2, -0.15) is 0 Å². The summed E-state index contributed by atoms with van der Waals surface area (Å²) >= 11 is 0. The minimum absolute atomic E-state index is 0.101. The molecule has 22 heavy (non-hydrogen) atoms. The first-order chi connectivity index (χ1) is 10.7. The van der Waals surface area contributed by atoms with E-state index < -0.39 is 0 Å². The number of furan rings is 1. The van der Waals surface area contributed by atoms with Gasteiger partial charge in [-0.25, -0.2) is 0 Å². The Labute approximate surface area is 131 Å². The van der Waals surface area contributed by atoms with E-state index in [4.69, 9.17) is 4.42 Å². The molecule has 1 amide bonds. The summed E-state index contributed by atoms with van der Waals surface area (Å²) in [6, 6.07) is 13.9. The minimum atomic E-state index is 0.101. The summed E-state index contributed by atoms with van der Waals surface area (Å²) in [4.78, 5) is 17.0. The lowest BCUT2D eigenvalue weighted by Crippen LogP contribution is -2.36. The molecular weight excluding hydrogens is 276 g/mol. The largest absolute Gasteiger partial charge is 0.467 e. The van der Waals surface area contributed by atoms with Gasteiger partial charge in [0.2, 0.25) is 5.91 Å². The molecule has 0 N–H and O–H groups in total. The topological polar surface area (TPSA) is 36.7 Å². The summed E-state index contributed by atoms with van der Waals surface area (Å²) in [6.45, 7) is 3.00. The van der Waals surface area contributed by atoms with Crippen LogP contribution in [0.3, 0.4) is 0 Å². The van der Waals surface area contributed by atoms with Crippen molar-refractivity contribution in [3.8, 4) is 0 Å². The zero-order chi connectivity index (χ0) is 15.4. The molecule has 0 bridgehead atoms. The van der Waals surface area contributed by atoms with E-state index in [1.807, 2.05) is 35.2 Å². The number of benzene rings is 1. The highest BCUT2D eigenvalue weighted by molar-refractivity contribution is 5.79. The number of carbonyl (C=O) groups excluding carboxylic acids is 1. The molecule has 3 rings (SSSR count). The zero-order valence-corrected chi connectivity index (χ0v) is 12.9. The summed E-state index contributed by atoms with van der Waals surface area (Å²) in [5, 5.41) is 0. The fraction of sp³-hybridized carbons (Fsp3) is 0.389. The van der Waals surface area contributed by atoms with Crippen LogP contribution in [-0.4, -0.2) is 35.8 Å². The molecule has 1 atom stereocenters. The van der Waals surface area contributed by atoms with Gasteiger partial charge in [0, 0.05) is 13.1 Å². The van der Waals surface area contributed by atoms with Crippen molar-refractivity contribution in [2.45, 2.75) is 19.5 Å². The standard InChI is InChI=1S/C18H22N2O2/c1-19-10-9-16(13-19)18(21)20(14-17-8-5-11-22-17)12-15-6-3-2-4-7-15/h2-8,11,16H,9-10,12-14H2,1H3/t16-/m1/s1. The lowest BCUT2D eigenvalue weighted by atomic mass is 10.1. The number of hydrogen-bond donors (Lipinski definition) is 0. The molecule has 1 saturated heterocycles. The van der Waals surface area contributed by atoms with Gasteiger partial charge in [0.1, 0.15) is 5.76 Å². The number of likely N-dealkylation sites (tertiary alicyclic amines) is 1. The Hall–Kier alpha value is -2.07. The van der Waals surface area contributed by atoms with E-state index in [1.54, 1.807) is 6.26 Å². The van der Waals surface area contributed by atoms with Crippen LogP contribution >= 0.6 is 0 Å². The second kappa shape index (κ2) is 6.79. The summed E-state index contributed by atoms with van der Waals surface area (Å²) in [6.07, 6.45) is 2.60. The maximum atomic E-state index is 12.9. The molecule has 0 radical (unpaired) electrons. The average molecular weight is 298 g/mol. The molecule has 0 aliphatic carbocycles. The molecule has 116 valence electrons. The van der Waals surface area contributed by atoms with E-state index in [9.17, 15) is 4.79 Å². The third kappa shape index (κ3) is 3.57. The SMILES string of the molecule is CN1CC[C@@H](C(=O)N(Cc2ccccc2)Cc2ccco2)C1. The smallest absolute Gasteiger partial charge is 0.227 e. The van der Waals surface area contributed by atoms with Gasteiger partial charge in [-0.1, -0.05) is 30.3 Å². The Morgan fingerprint density at radius 3 is 2.68 bits per heavy atom. The van der Waals surface area contributed by atoms with Gasteiger partial charge in [-0.15, -0.1) is 0 Å². The summed E-state index contributed by atoms with van der Waals surface area (Å²) in [5.74, 6) is 1.16. The van der Waals surface area contributed by atoms with Gasteiger partial charge < -0.3 is 14.2 Å². The van der Waals surface area contributed by atoms with Crippen LogP contribution in [0.1, 0.15) is 17.7 Å². The number of amides is 1. The van der Waals surface area contributed by atoms with Gasteiger partial charge in [0.25, 0.3) is 0 Å². The normalized spacial score (nSPS) is 18.5. The minimum Gasteiger partial charge on any atom is -0.467 e. The Balaban J connectivity index is 1.74. The molecule has 1 aromatic carbocycles. The fourth-order valence-electron chi connectivity index (χ4n) is 3.00. The average Bonchev–Trinajstić information content (AvgIpc) is 3.18. The molecule has 4 nitrogen and oxygen atoms in total. The van der Waals surface area contributed by atoms with E-state index in [1.165, 1.54) is 0 Å². The first-order valence-corrected chi connectivity index (χ1v) is 7.76. The Bertz CT molecular complexity index is 595. The van der Waals surface area contributed by atoms with Crippen LogP contribution in [0.15, 0.2) is 53.1 Å². The molecule has 1 fully saturated rings. The quantitative estimate of drug-likeness (QED) is 0.851. The van der Waals surface area contributed by atoms with E-state index in [2.05, 4.69) is 24.1 Å². The maximum Gasteiger partial charge on any atom is 0.227 e. The molecule has 0 unspecified atom stereocenters. The van der Waals surface area contributed by atoms with Crippen molar-refractivity contribution in [1.82, 2.24) is 9.80 Å². The van der Waals surface area contributed by atoms with Gasteiger partial charge in [-0.3, -0.25) is 4.79 Å². The first kappa shape index (κ1) is 14.9. The molecule has 1 aliphatic rings. The summed E-state index contributed by atoms with van der Waals surface area (Å²) in [5.41, 5.74) is 1.15. The highest BCUT2D eigenvalue weighted by Crippen LogP contribution is 2.20. The third-order valence-electron chi connectivity index (χ3n) is 4.20. The number of carbonyl (C=O) groups is 1. The number of hydrogen-bond acceptors (Lipinski definition) is 3. The van der Waals surface area contributed by atoms with E-state index in [0.717, 1.165) is 30.8 Å². The predicted octanol–water partition coefficient (Wildman–Crippen LogP) is 2.76. The van der Waals surface area contributed by atoms with Gasteiger partial charge >= 0.3 is 0 Å². The monoisotopic (exact) mass is 298 g/mol. The maximum absolute atomic E-state index is 12.9. The van der Waals surface area contributed by atoms with E-state index in [-0.39, 0.29) is 11.8 Å². The van der Waals surface area contributed by atoms with Crippen LogP contribution < -0.4 is 0 Å². The van der Waals surface area contributed by atoms with Crippen LogP contribution in [0.25, 0.3) is 0 Å². The Kier molecular flexibility index (Phi) is 4.59. The van der Waals surface area contributed by atoms with Crippen molar-refractivity contribution in [3.05, 3.63) is 60.1 Å². The van der Waals surface area contributed by atoms with Crippen molar-refractivity contribution in [1.29, 1.82) is 0 Å². The Morgan fingerprint density at radius 1 is 1.23 bits per heavy atom. The van der Waals surface area contributed by atoms with E-state index in [0.29, 0.717) is 13.1 Å². The number of rotatable bonds is 5. The van der Waals surface area contributed by atoms with E-state index >= 15 is 0 Å². The lowest BCUT2D eigenvalue weighted by molar-refractivity contribution is -0.136. The molecule has 2 heterocycles. The van der Waals surface area contributed by atoms with Crippen molar-refractivity contribution >= 4 is 5.91 Å². The van der Waals surface area contributed by atoms with Crippen LogP contribution in [0.2, 0.25) is 0 Å². The number of nitrogens with zero attached hydrogens (tertiary/aromatic N) is 2. The first-order valence-electron chi connectivity index (χ1n) is 7.76. The summed E-state index contributed by atoms with van der Waals surface area (Å²) in [7, 11) is 2.07. The van der Waals surface area contributed by atoms with Crippen molar-refractivity contribution in [2.24, 2.45) is 5.92 Å². The van der Waals surface area contributed by atoms with Crippen LogP contribution in [0.5, 0.6) is 0 Å². The highest BCUT2D eigenvalue weighted by Gasteiger charge is 2.30. The molecule has 1 aliphatic heterocycles. The second-order valence-electron chi connectivity index (χ2n) is 6.01.